The van der Waals surface area contributed by atoms with Crippen molar-refractivity contribution in [2.24, 2.45) is 0 Å². The van der Waals surface area contributed by atoms with Crippen LogP contribution in [0.5, 0.6) is 0 Å². The van der Waals surface area contributed by atoms with E-state index in [-0.39, 0.29) is 27.7 Å². The van der Waals surface area contributed by atoms with Gasteiger partial charge in [-0.25, -0.2) is 8.78 Å². The highest BCUT2D eigenvalue weighted by Crippen LogP contribution is 2.34. The van der Waals surface area contributed by atoms with Gasteiger partial charge in [0, 0.05) is 17.0 Å². The number of aldehydes is 1. The predicted octanol–water partition coefficient (Wildman–Crippen LogP) is 4.94. The SMILES string of the molecule is O=Cc1c(-c2ccc(C(F)(F)F)cc2)[nH]c2c(F)cc(F)cc12. The molecule has 0 fully saturated rings. The van der Waals surface area contributed by atoms with E-state index in [0.29, 0.717) is 12.4 Å². The second-order valence-electron chi connectivity index (χ2n) is 4.92. The summed E-state index contributed by atoms with van der Waals surface area (Å²) in [5.74, 6) is -1.74. The molecule has 3 aromatic rings. The number of halogens is 5. The number of aromatic nitrogens is 1. The van der Waals surface area contributed by atoms with Crippen molar-refractivity contribution in [3.8, 4) is 11.3 Å². The Bertz CT molecular complexity index is 893. The minimum atomic E-state index is -4.48. The molecule has 0 spiro atoms. The van der Waals surface area contributed by atoms with Crippen molar-refractivity contribution in [1.29, 1.82) is 0 Å². The first-order valence-corrected chi connectivity index (χ1v) is 6.45. The topological polar surface area (TPSA) is 32.9 Å². The molecule has 0 bridgehead atoms. The molecular formula is C16H8F5NO. The Morgan fingerprint density at radius 1 is 1.00 bits per heavy atom. The molecule has 1 N–H and O–H groups in total. The third kappa shape index (κ3) is 2.58. The molecule has 2 nitrogen and oxygen atoms in total. The van der Waals surface area contributed by atoms with Gasteiger partial charge in [-0.1, -0.05) is 12.1 Å². The van der Waals surface area contributed by atoms with Crippen molar-refractivity contribution in [3.05, 3.63) is 59.2 Å². The van der Waals surface area contributed by atoms with E-state index in [2.05, 4.69) is 4.98 Å². The van der Waals surface area contributed by atoms with Gasteiger partial charge in [0.25, 0.3) is 0 Å². The van der Waals surface area contributed by atoms with Crippen LogP contribution < -0.4 is 0 Å². The molecule has 0 aliphatic heterocycles. The molecular weight excluding hydrogens is 317 g/mol. The van der Waals surface area contributed by atoms with E-state index in [4.69, 9.17) is 0 Å². The van der Waals surface area contributed by atoms with Crippen LogP contribution in [-0.4, -0.2) is 11.3 Å². The van der Waals surface area contributed by atoms with Gasteiger partial charge >= 0.3 is 6.18 Å². The Morgan fingerprint density at radius 3 is 2.22 bits per heavy atom. The van der Waals surface area contributed by atoms with Crippen molar-refractivity contribution in [1.82, 2.24) is 4.98 Å². The van der Waals surface area contributed by atoms with Crippen LogP contribution in [0.1, 0.15) is 15.9 Å². The van der Waals surface area contributed by atoms with Crippen LogP contribution in [0.15, 0.2) is 36.4 Å². The summed E-state index contributed by atoms with van der Waals surface area (Å²) in [5, 5.41) is 0.0346. The highest BCUT2D eigenvalue weighted by molar-refractivity contribution is 6.04. The minimum absolute atomic E-state index is 0.0156. The maximum atomic E-state index is 13.8. The summed E-state index contributed by atoms with van der Waals surface area (Å²) in [6, 6.07) is 5.68. The fourth-order valence-corrected chi connectivity index (χ4v) is 2.42. The number of alkyl halides is 3. The Morgan fingerprint density at radius 2 is 1.65 bits per heavy atom. The molecule has 0 aliphatic rings. The summed E-state index contributed by atoms with van der Waals surface area (Å²) in [4.78, 5) is 13.9. The fraction of sp³-hybridized carbons (Fsp3) is 0.0625. The van der Waals surface area contributed by atoms with Crippen LogP contribution in [0, 0.1) is 11.6 Å². The first-order valence-electron chi connectivity index (χ1n) is 6.45. The zero-order chi connectivity index (χ0) is 16.8. The normalized spacial score (nSPS) is 11.9. The summed E-state index contributed by atoms with van der Waals surface area (Å²) >= 11 is 0. The van der Waals surface area contributed by atoms with Gasteiger partial charge in [0.05, 0.1) is 16.8 Å². The molecule has 118 valence electrons. The number of carbonyl (C=O) groups excluding carboxylic acids is 1. The van der Waals surface area contributed by atoms with Crippen molar-refractivity contribution >= 4 is 17.2 Å². The van der Waals surface area contributed by atoms with Gasteiger partial charge < -0.3 is 4.98 Å². The first kappa shape index (κ1) is 15.2. The molecule has 0 saturated heterocycles. The number of aromatic amines is 1. The van der Waals surface area contributed by atoms with Crippen LogP contribution in [0.3, 0.4) is 0 Å². The van der Waals surface area contributed by atoms with Crippen molar-refractivity contribution in [2.75, 3.05) is 0 Å². The fourth-order valence-electron chi connectivity index (χ4n) is 2.42. The Balaban J connectivity index is 2.20. The lowest BCUT2D eigenvalue weighted by Gasteiger charge is -2.07. The number of fused-ring (bicyclic) bond motifs is 1. The van der Waals surface area contributed by atoms with Crippen molar-refractivity contribution in [2.45, 2.75) is 6.18 Å². The maximum absolute atomic E-state index is 13.8. The molecule has 1 heterocycles. The highest BCUT2D eigenvalue weighted by Gasteiger charge is 2.30. The number of carbonyl (C=O) groups is 1. The van der Waals surface area contributed by atoms with E-state index >= 15 is 0 Å². The van der Waals surface area contributed by atoms with Crippen LogP contribution >= 0.6 is 0 Å². The van der Waals surface area contributed by atoms with E-state index in [0.717, 1.165) is 30.3 Å². The number of rotatable bonds is 2. The second-order valence-corrected chi connectivity index (χ2v) is 4.92. The molecule has 1 aromatic heterocycles. The molecule has 2 aromatic carbocycles. The van der Waals surface area contributed by atoms with Gasteiger partial charge in [0.1, 0.15) is 11.6 Å². The highest BCUT2D eigenvalue weighted by atomic mass is 19.4. The molecule has 23 heavy (non-hydrogen) atoms. The third-order valence-corrected chi connectivity index (χ3v) is 3.48. The summed E-state index contributed by atoms with van der Waals surface area (Å²) in [6.07, 6.45) is -4.08. The molecule has 0 aliphatic carbocycles. The van der Waals surface area contributed by atoms with Crippen molar-refractivity contribution in [3.63, 3.8) is 0 Å². The number of hydrogen-bond donors (Lipinski definition) is 1. The summed E-state index contributed by atoms with van der Waals surface area (Å²) in [6.45, 7) is 0. The lowest BCUT2D eigenvalue weighted by Crippen LogP contribution is -2.04. The number of hydrogen-bond acceptors (Lipinski definition) is 1. The van der Waals surface area contributed by atoms with Gasteiger partial charge in [0.2, 0.25) is 0 Å². The number of benzene rings is 2. The Kier molecular flexibility index (Phi) is 3.43. The zero-order valence-electron chi connectivity index (χ0n) is 11.3. The molecule has 0 amide bonds. The maximum Gasteiger partial charge on any atom is 0.416 e. The van der Waals surface area contributed by atoms with Crippen LogP contribution in [0.2, 0.25) is 0 Å². The van der Waals surface area contributed by atoms with Gasteiger partial charge in [-0.3, -0.25) is 4.79 Å². The van der Waals surface area contributed by atoms with Gasteiger partial charge in [0.15, 0.2) is 6.29 Å². The van der Waals surface area contributed by atoms with Gasteiger partial charge in [-0.15, -0.1) is 0 Å². The minimum Gasteiger partial charge on any atom is -0.352 e. The average molecular weight is 325 g/mol. The van der Waals surface area contributed by atoms with Crippen molar-refractivity contribution < 1.29 is 26.7 Å². The molecule has 0 atom stereocenters. The Hall–Kier alpha value is -2.70. The lowest BCUT2D eigenvalue weighted by atomic mass is 10.0. The van der Waals surface area contributed by atoms with E-state index in [1.165, 1.54) is 0 Å². The second kappa shape index (κ2) is 5.19. The van der Waals surface area contributed by atoms with E-state index < -0.39 is 23.4 Å². The molecule has 0 radical (unpaired) electrons. The average Bonchev–Trinajstić information content (AvgIpc) is 2.85. The molecule has 0 unspecified atom stereocenters. The van der Waals surface area contributed by atoms with Crippen LogP contribution in [0.25, 0.3) is 22.2 Å². The summed E-state index contributed by atoms with van der Waals surface area (Å²) in [7, 11) is 0. The van der Waals surface area contributed by atoms with Gasteiger partial charge in [-0.05, 0) is 23.8 Å². The van der Waals surface area contributed by atoms with E-state index in [9.17, 15) is 26.7 Å². The standard InChI is InChI=1S/C16H8F5NO/c17-10-5-11-12(7-23)14(22-15(11)13(18)6-10)8-1-3-9(4-2-8)16(19,20)21/h1-7,22H. The molecule has 7 heteroatoms. The first-order chi connectivity index (χ1) is 10.8. The summed E-state index contributed by atoms with van der Waals surface area (Å²) in [5.41, 5.74) is -0.548. The van der Waals surface area contributed by atoms with Crippen LogP contribution in [0.4, 0.5) is 22.0 Å². The molecule has 0 saturated carbocycles. The Labute approximate surface area is 126 Å². The third-order valence-electron chi connectivity index (χ3n) is 3.48. The van der Waals surface area contributed by atoms with E-state index in [1.54, 1.807) is 0 Å². The van der Waals surface area contributed by atoms with E-state index in [1.807, 2.05) is 0 Å². The molecule has 3 rings (SSSR count). The largest absolute Gasteiger partial charge is 0.416 e. The summed E-state index contributed by atoms with van der Waals surface area (Å²) < 4.78 is 64.8. The lowest BCUT2D eigenvalue weighted by molar-refractivity contribution is -0.137. The smallest absolute Gasteiger partial charge is 0.352 e. The zero-order valence-corrected chi connectivity index (χ0v) is 11.3. The predicted molar refractivity (Wildman–Crippen MR) is 74.0 cm³/mol. The quantitative estimate of drug-likeness (QED) is 0.525. The van der Waals surface area contributed by atoms with Crippen LogP contribution in [-0.2, 0) is 6.18 Å². The van der Waals surface area contributed by atoms with Gasteiger partial charge in [-0.2, -0.15) is 13.2 Å². The monoisotopic (exact) mass is 325 g/mol. The number of H-pyrrole nitrogens is 1. The number of nitrogens with one attached hydrogen (secondary N) is 1.